The Bertz CT molecular complexity index is 551. The normalized spacial score (nSPS) is 24.9. The van der Waals surface area contributed by atoms with Gasteiger partial charge < -0.3 is 4.74 Å². The van der Waals surface area contributed by atoms with Crippen LogP contribution in [0.3, 0.4) is 0 Å². The molecule has 0 heterocycles. The van der Waals surface area contributed by atoms with E-state index < -0.39 is 12.3 Å². The fraction of sp³-hybridized carbons (Fsp3) is 0.562. The third-order valence-corrected chi connectivity index (χ3v) is 4.68. The first kappa shape index (κ1) is 14.4. The number of carbonyl (C=O) groups is 1. The van der Waals surface area contributed by atoms with Gasteiger partial charge in [-0.3, -0.25) is 0 Å². The summed E-state index contributed by atoms with van der Waals surface area (Å²) < 4.78 is 39.8. The summed E-state index contributed by atoms with van der Waals surface area (Å²) in [6.45, 7) is 0. The van der Waals surface area contributed by atoms with Crippen LogP contribution in [0.1, 0.15) is 59.5 Å². The third kappa shape index (κ3) is 3.06. The maximum absolute atomic E-state index is 12.1. The van der Waals surface area contributed by atoms with Gasteiger partial charge >= 0.3 is 12.3 Å². The fourth-order valence-corrected chi connectivity index (χ4v) is 3.78. The standard InChI is InChI=1S/C16H17F3O2/c17-16(18,19)21-15(20)12-7-8-14-11(9-12)6-5-10-3-1-2-4-13(10)14/h7-10,13H,1-6H2. The summed E-state index contributed by atoms with van der Waals surface area (Å²) in [4.78, 5) is 11.5. The SMILES string of the molecule is O=C(OC(F)(F)F)c1ccc2c(c1)CCC1CCCCC21. The quantitative estimate of drug-likeness (QED) is 0.709. The van der Waals surface area contributed by atoms with Gasteiger partial charge in [0.05, 0.1) is 5.56 Å². The summed E-state index contributed by atoms with van der Waals surface area (Å²) in [6.07, 6.45) is 1.83. The zero-order chi connectivity index (χ0) is 15.0. The highest BCUT2D eigenvalue weighted by molar-refractivity contribution is 5.89. The predicted octanol–water partition coefficient (Wildman–Crippen LogP) is 4.58. The lowest BCUT2D eigenvalue weighted by Crippen LogP contribution is -2.25. The summed E-state index contributed by atoms with van der Waals surface area (Å²) >= 11 is 0. The highest BCUT2D eigenvalue weighted by Crippen LogP contribution is 2.45. The molecule has 1 saturated carbocycles. The molecule has 0 saturated heterocycles. The molecule has 0 N–H and O–H groups in total. The van der Waals surface area contributed by atoms with Gasteiger partial charge in [0.1, 0.15) is 0 Å². The van der Waals surface area contributed by atoms with Gasteiger partial charge in [-0.25, -0.2) is 4.79 Å². The molecule has 2 nitrogen and oxygen atoms in total. The molecule has 1 aromatic carbocycles. The minimum Gasteiger partial charge on any atom is -0.369 e. The van der Waals surface area contributed by atoms with Crippen LogP contribution in [0.2, 0.25) is 0 Å². The van der Waals surface area contributed by atoms with Crippen LogP contribution in [0, 0.1) is 5.92 Å². The van der Waals surface area contributed by atoms with Crippen LogP contribution in [0.15, 0.2) is 18.2 Å². The average molecular weight is 298 g/mol. The summed E-state index contributed by atoms with van der Waals surface area (Å²) in [5.74, 6) is -0.120. The maximum atomic E-state index is 12.1. The Labute approximate surface area is 121 Å². The molecule has 2 aliphatic carbocycles. The molecule has 2 unspecified atom stereocenters. The van der Waals surface area contributed by atoms with E-state index in [4.69, 9.17) is 0 Å². The molecule has 0 aliphatic heterocycles. The monoisotopic (exact) mass is 298 g/mol. The number of alkyl halides is 3. The molecule has 21 heavy (non-hydrogen) atoms. The van der Waals surface area contributed by atoms with Crippen LogP contribution >= 0.6 is 0 Å². The lowest BCUT2D eigenvalue weighted by Gasteiger charge is -2.37. The number of hydrogen-bond acceptors (Lipinski definition) is 2. The minimum atomic E-state index is -4.93. The minimum absolute atomic E-state index is 0.0136. The van der Waals surface area contributed by atoms with Crippen molar-refractivity contribution in [1.29, 1.82) is 0 Å². The van der Waals surface area contributed by atoms with Crippen molar-refractivity contribution < 1.29 is 22.7 Å². The molecule has 1 aromatic rings. The van der Waals surface area contributed by atoms with Crippen molar-refractivity contribution in [2.24, 2.45) is 5.92 Å². The van der Waals surface area contributed by atoms with E-state index in [9.17, 15) is 18.0 Å². The maximum Gasteiger partial charge on any atom is 0.575 e. The van der Waals surface area contributed by atoms with Gasteiger partial charge in [-0.2, -0.15) is 0 Å². The number of ether oxygens (including phenoxy) is 1. The van der Waals surface area contributed by atoms with Gasteiger partial charge in [-0.1, -0.05) is 18.9 Å². The van der Waals surface area contributed by atoms with Gasteiger partial charge in [0.15, 0.2) is 0 Å². The molecule has 0 aromatic heterocycles. The Kier molecular flexibility index (Phi) is 3.68. The molecule has 0 amide bonds. The summed E-state index contributed by atoms with van der Waals surface area (Å²) in [5, 5.41) is 0. The van der Waals surface area contributed by atoms with Crippen molar-refractivity contribution in [2.75, 3.05) is 0 Å². The molecule has 2 atom stereocenters. The highest BCUT2D eigenvalue weighted by Gasteiger charge is 2.35. The molecule has 2 aliphatic rings. The van der Waals surface area contributed by atoms with Gasteiger partial charge in [0.25, 0.3) is 0 Å². The number of aryl methyl sites for hydroxylation is 1. The number of esters is 1. The Hall–Kier alpha value is -1.52. The van der Waals surface area contributed by atoms with Crippen molar-refractivity contribution >= 4 is 5.97 Å². The number of hydrogen-bond donors (Lipinski definition) is 0. The molecule has 5 heteroatoms. The van der Waals surface area contributed by atoms with E-state index in [0.29, 0.717) is 11.8 Å². The number of fused-ring (bicyclic) bond motifs is 3. The lowest BCUT2D eigenvalue weighted by molar-refractivity contribution is -0.291. The lowest BCUT2D eigenvalue weighted by atomic mass is 9.68. The van der Waals surface area contributed by atoms with Crippen molar-refractivity contribution in [3.8, 4) is 0 Å². The first-order valence-electron chi connectivity index (χ1n) is 7.37. The Morgan fingerprint density at radius 2 is 1.90 bits per heavy atom. The van der Waals surface area contributed by atoms with Crippen molar-refractivity contribution in [3.05, 3.63) is 34.9 Å². The zero-order valence-electron chi connectivity index (χ0n) is 11.6. The second kappa shape index (κ2) is 5.35. The van der Waals surface area contributed by atoms with Crippen molar-refractivity contribution in [1.82, 2.24) is 0 Å². The van der Waals surface area contributed by atoms with Gasteiger partial charge in [0.2, 0.25) is 0 Å². The largest absolute Gasteiger partial charge is 0.575 e. The topological polar surface area (TPSA) is 26.3 Å². The molecule has 0 bridgehead atoms. The predicted molar refractivity (Wildman–Crippen MR) is 70.9 cm³/mol. The van der Waals surface area contributed by atoms with E-state index in [2.05, 4.69) is 4.74 Å². The highest BCUT2D eigenvalue weighted by atomic mass is 19.4. The third-order valence-electron chi connectivity index (χ3n) is 4.68. The van der Waals surface area contributed by atoms with Gasteiger partial charge in [0, 0.05) is 0 Å². The molecule has 0 spiro atoms. The average Bonchev–Trinajstić information content (AvgIpc) is 2.44. The molecule has 114 valence electrons. The summed E-state index contributed by atoms with van der Waals surface area (Å²) in [6, 6.07) is 4.86. The molecular weight excluding hydrogens is 281 g/mol. The number of benzene rings is 1. The second-order valence-electron chi connectivity index (χ2n) is 5.94. The van der Waals surface area contributed by atoms with Crippen LogP contribution in [-0.4, -0.2) is 12.3 Å². The van der Waals surface area contributed by atoms with Crippen LogP contribution < -0.4 is 0 Å². The molecule has 3 rings (SSSR count). The molecule has 0 radical (unpaired) electrons. The first-order chi connectivity index (χ1) is 9.94. The summed E-state index contributed by atoms with van der Waals surface area (Å²) in [7, 11) is 0. The fourth-order valence-electron chi connectivity index (χ4n) is 3.78. The Morgan fingerprint density at radius 1 is 1.14 bits per heavy atom. The van der Waals surface area contributed by atoms with Gasteiger partial charge in [-0.05, 0) is 60.8 Å². The molecule has 1 fully saturated rings. The number of carbonyl (C=O) groups excluding carboxylic acids is 1. The van der Waals surface area contributed by atoms with E-state index >= 15 is 0 Å². The van der Waals surface area contributed by atoms with E-state index in [-0.39, 0.29) is 5.56 Å². The Morgan fingerprint density at radius 3 is 2.67 bits per heavy atom. The molecular formula is C16H17F3O2. The smallest absolute Gasteiger partial charge is 0.369 e. The van der Waals surface area contributed by atoms with E-state index in [1.807, 2.05) is 6.07 Å². The Balaban J connectivity index is 1.84. The number of rotatable bonds is 1. The van der Waals surface area contributed by atoms with Crippen molar-refractivity contribution in [3.63, 3.8) is 0 Å². The van der Waals surface area contributed by atoms with Crippen LogP contribution in [0.25, 0.3) is 0 Å². The zero-order valence-corrected chi connectivity index (χ0v) is 11.6. The van der Waals surface area contributed by atoms with Crippen LogP contribution in [0.4, 0.5) is 13.2 Å². The van der Waals surface area contributed by atoms with Gasteiger partial charge in [-0.15, -0.1) is 13.2 Å². The van der Waals surface area contributed by atoms with E-state index in [1.165, 1.54) is 30.9 Å². The van der Waals surface area contributed by atoms with Crippen LogP contribution in [0.5, 0.6) is 0 Å². The second-order valence-corrected chi connectivity index (χ2v) is 5.94. The summed E-state index contributed by atoms with van der Waals surface area (Å²) in [5.41, 5.74) is 2.21. The first-order valence-corrected chi connectivity index (χ1v) is 7.37. The van der Waals surface area contributed by atoms with Crippen molar-refractivity contribution in [2.45, 2.75) is 50.8 Å². The van der Waals surface area contributed by atoms with E-state index in [0.717, 1.165) is 24.8 Å². The van der Waals surface area contributed by atoms with E-state index in [1.54, 1.807) is 6.07 Å². The number of halogens is 3. The van der Waals surface area contributed by atoms with Crippen LogP contribution in [-0.2, 0) is 11.2 Å².